The summed E-state index contributed by atoms with van der Waals surface area (Å²) < 4.78 is 16.4. The predicted molar refractivity (Wildman–Crippen MR) is 118 cm³/mol. The molecule has 3 aromatic rings. The number of nitrogens with one attached hydrogen (secondary N) is 1. The smallest absolute Gasteiger partial charge is 0.255 e. The Labute approximate surface area is 180 Å². The Morgan fingerprint density at radius 2 is 1.68 bits per heavy atom. The SMILES string of the molecule is COc1cc(C=CC(=O)Nc2ccccc2Oc2ccccc2)ccc1OCC(N)=O. The Hall–Kier alpha value is -4.26. The normalized spacial score (nSPS) is 10.5. The number of carbonyl (C=O) groups excluding carboxylic acids is 2. The highest BCUT2D eigenvalue weighted by Crippen LogP contribution is 2.30. The first kappa shape index (κ1) is 21.4. The fourth-order valence-electron chi connectivity index (χ4n) is 2.68. The topological polar surface area (TPSA) is 99.9 Å². The Balaban J connectivity index is 1.68. The molecule has 0 fully saturated rings. The van der Waals surface area contributed by atoms with Crippen molar-refractivity contribution in [2.24, 2.45) is 5.73 Å². The molecular weight excluding hydrogens is 396 g/mol. The van der Waals surface area contributed by atoms with Crippen molar-refractivity contribution in [2.75, 3.05) is 19.0 Å². The van der Waals surface area contributed by atoms with Gasteiger partial charge >= 0.3 is 0 Å². The highest BCUT2D eigenvalue weighted by molar-refractivity contribution is 6.02. The molecule has 3 aromatic carbocycles. The number of hydrogen-bond acceptors (Lipinski definition) is 5. The summed E-state index contributed by atoms with van der Waals surface area (Å²) in [5.74, 6) is 1.11. The van der Waals surface area contributed by atoms with Crippen LogP contribution in [0.5, 0.6) is 23.0 Å². The number of anilines is 1. The van der Waals surface area contributed by atoms with Gasteiger partial charge in [0, 0.05) is 6.08 Å². The molecule has 0 heterocycles. The minimum absolute atomic E-state index is 0.252. The van der Waals surface area contributed by atoms with Gasteiger partial charge in [-0.2, -0.15) is 0 Å². The third-order valence-corrected chi connectivity index (χ3v) is 4.10. The van der Waals surface area contributed by atoms with E-state index in [0.717, 1.165) is 0 Å². The van der Waals surface area contributed by atoms with E-state index in [9.17, 15) is 9.59 Å². The van der Waals surface area contributed by atoms with Crippen LogP contribution in [0.15, 0.2) is 78.9 Å². The summed E-state index contributed by atoms with van der Waals surface area (Å²) in [5, 5.41) is 2.82. The second-order valence-corrected chi connectivity index (χ2v) is 6.40. The summed E-state index contributed by atoms with van der Waals surface area (Å²) in [6.07, 6.45) is 3.04. The Morgan fingerprint density at radius 1 is 0.935 bits per heavy atom. The van der Waals surface area contributed by atoms with Gasteiger partial charge in [-0.05, 0) is 48.0 Å². The van der Waals surface area contributed by atoms with Crippen LogP contribution in [0.1, 0.15) is 5.56 Å². The molecule has 0 saturated heterocycles. The first-order valence-corrected chi connectivity index (χ1v) is 9.45. The molecular formula is C24H22N2O5. The van der Waals surface area contributed by atoms with Crippen molar-refractivity contribution in [2.45, 2.75) is 0 Å². The van der Waals surface area contributed by atoms with Gasteiger partial charge in [-0.15, -0.1) is 0 Å². The Bertz CT molecular complexity index is 1080. The minimum Gasteiger partial charge on any atom is -0.493 e. The number of para-hydroxylation sites is 3. The number of carbonyl (C=O) groups is 2. The second kappa shape index (κ2) is 10.5. The van der Waals surface area contributed by atoms with Gasteiger partial charge in [-0.3, -0.25) is 9.59 Å². The van der Waals surface area contributed by atoms with E-state index in [1.165, 1.54) is 13.2 Å². The first-order valence-electron chi connectivity index (χ1n) is 9.45. The van der Waals surface area contributed by atoms with Crippen molar-refractivity contribution in [3.8, 4) is 23.0 Å². The molecule has 0 atom stereocenters. The van der Waals surface area contributed by atoms with Crippen LogP contribution in [0.2, 0.25) is 0 Å². The van der Waals surface area contributed by atoms with E-state index < -0.39 is 5.91 Å². The molecule has 0 aromatic heterocycles. The highest BCUT2D eigenvalue weighted by atomic mass is 16.5. The van der Waals surface area contributed by atoms with E-state index in [2.05, 4.69) is 5.32 Å². The average molecular weight is 418 g/mol. The van der Waals surface area contributed by atoms with Gasteiger partial charge in [0.05, 0.1) is 12.8 Å². The van der Waals surface area contributed by atoms with E-state index in [0.29, 0.717) is 34.2 Å². The molecule has 0 aliphatic rings. The lowest BCUT2D eigenvalue weighted by molar-refractivity contribution is -0.120. The largest absolute Gasteiger partial charge is 0.493 e. The fourth-order valence-corrected chi connectivity index (χ4v) is 2.68. The van der Waals surface area contributed by atoms with Crippen molar-refractivity contribution in [1.82, 2.24) is 0 Å². The number of benzene rings is 3. The third kappa shape index (κ3) is 6.37. The van der Waals surface area contributed by atoms with Crippen LogP contribution in [-0.4, -0.2) is 25.5 Å². The number of primary amides is 1. The zero-order valence-electron chi connectivity index (χ0n) is 16.9. The maximum absolute atomic E-state index is 12.4. The van der Waals surface area contributed by atoms with E-state index in [1.807, 2.05) is 42.5 Å². The van der Waals surface area contributed by atoms with Gasteiger partial charge in [0.15, 0.2) is 23.9 Å². The molecule has 7 heteroatoms. The molecule has 0 aliphatic carbocycles. The summed E-state index contributed by atoms with van der Waals surface area (Å²) in [7, 11) is 1.48. The predicted octanol–water partition coefficient (Wildman–Crippen LogP) is 4.00. The summed E-state index contributed by atoms with van der Waals surface area (Å²) in [6, 6.07) is 21.6. The van der Waals surface area contributed by atoms with Crippen molar-refractivity contribution >= 4 is 23.6 Å². The van der Waals surface area contributed by atoms with Crippen LogP contribution in [0.4, 0.5) is 5.69 Å². The van der Waals surface area contributed by atoms with Crippen molar-refractivity contribution in [3.05, 3.63) is 84.4 Å². The van der Waals surface area contributed by atoms with Gasteiger partial charge in [0.25, 0.3) is 5.91 Å². The van der Waals surface area contributed by atoms with E-state index in [-0.39, 0.29) is 12.5 Å². The number of amides is 2. The molecule has 0 unspecified atom stereocenters. The molecule has 0 spiro atoms. The zero-order valence-corrected chi connectivity index (χ0v) is 16.9. The molecule has 0 radical (unpaired) electrons. The van der Waals surface area contributed by atoms with Crippen LogP contribution in [0.3, 0.4) is 0 Å². The van der Waals surface area contributed by atoms with Gasteiger partial charge < -0.3 is 25.3 Å². The van der Waals surface area contributed by atoms with Crippen LogP contribution in [-0.2, 0) is 9.59 Å². The molecule has 0 aliphatic heterocycles. The number of hydrogen-bond donors (Lipinski definition) is 2. The minimum atomic E-state index is -0.584. The van der Waals surface area contributed by atoms with Gasteiger partial charge in [0.2, 0.25) is 5.91 Å². The van der Waals surface area contributed by atoms with E-state index in [4.69, 9.17) is 19.9 Å². The van der Waals surface area contributed by atoms with Crippen molar-refractivity contribution in [1.29, 1.82) is 0 Å². The summed E-state index contributed by atoms with van der Waals surface area (Å²) in [6.45, 7) is -0.252. The first-order chi connectivity index (χ1) is 15.0. The Kier molecular flexibility index (Phi) is 7.26. The second-order valence-electron chi connectivity index (χ2n) is 6.40. The van der Waals surface area contributed by atoms with E-state index >= 15 is 0 Å². The molecule has 0 saturated carbocycles. The molecule has 158 valence electrons. The number of methoxy groups -OCH3 is 1. The average Bonchev–Trinajstić information content (AvgIpc) is 2.78. The zero-order chi connectivity index (χ0) is 22.1. The summed E-state index contributed by atoms with van der Waals surface area (Å²) in [4.78, 5) is 23.3. The monoisotopic (exact) mass is 418 g/mol. The standard InChI is InChI=1S/C24H22N2O5/c1-29-22-15-17(11-13-21(22)30-16-23(25)27)12-14-24(28)26-19-9-5-6-10-20(19)31-18-7-3-2-4-8-18/h2-15H,16H2,1H3,(H2,25,27)(H,26,28). The maximum Gasteiger partial charge on any atom is 0.255 e. The molecule has 31 heavy (non-hydrogen) atoms. The molecule has 2 amide bonds. The molecule has 3 N–H and O–H groups in total. The lowest BCUT2D eigenvalue weighted by atomic mass is 10.2. The molecule has 7 nitrogen and oxygen atoms in total. The van der Waals surface area contributed by atoms with Gasteiger partial charge in [-0.1, -0.05) is 36.4 Å². The summed E-state index contributed by atoms with van der Waals surface area (Å²) in [5.41, 5.74) is 6.36. The van der Waals surface area contributed by atoms with Crippen molar-refractivity contribution in [3.63, 3.8) is 0 Å². The lowest BCUT2D eigenvalue weighted by Crippen LogP contribution is -2.20. The van der Waals surface area contributed by atoms with Gasteiger partial charge in [0.1, 0.15) is 5.75 Å². The number of rotatable bonds is 9. The molecule has 0 bridgehead atoms. The van der Waals surface area contributed by atoms with Crippen molar-refractivity contribution < 1.29 is 23.8 Å². The van der Waals surface area contributed by atoms with Crippen LogP contribution < -0.4 is 25.3 Å². The lowest BCUT2D eigenvalue weighted by Gasteiger charge is -2.11. The number of ether oxygens (including phenoxy) is 3. The third-order valence-electron chi connectivity index (χ3n) is 4.10. The summed E-state index contributed by atoms with van der Waals surface area (Å²) >= 11 is 0. The van der Waals surface area contributed by atoms with Gasteiger partial charge in [-0.25, -0.2) is 0 Å². The van der Waals surface area contributed by atoms with Crippen LogP contribution in [0.25, 0.3) is 6.08 Å². The Morgan fingerprint density at radius 3 is 2.42 bits per heavy atom. The molecule has 3 rings (SSSR count). The van der Waals surface area contributed by atoms with E-state index in [1.54, 1.807) is 36.4 Å². The van der Waals surface area contributed by atoms with Crippen LogP contribution in [0, 0.1) is 0 Å². The van der Waals surface area contributed by atoms with Crippen LogP contribution >= 0.6 is 0 Å². The highest BCUT2D eigenvalue weighted by Gasteiger charge is 2.08. The quantitative estimate of drug-likeness (QED) is 0.512. The fraction of sp³-hybridized carbons (Fsp3) is 0.0833. The number of nitrogens with two attached hydrogens (primary N) is 1. The maximum atomic E-state index is 12.4.